The number of nitrogens with zero attached hydrogens (tertiary/aromatic N) is 1. The molecular formula is C6H3FNO4S-. The Kier molecular flexibility index (Phi) is 2.69. The molecule has 0 fully saturated rings. The number of hydrogen-bond acceptors (Lipinski definition) is 4. The van der Waals surface area contributed by atoms with Crippen molar-refractivity contribution in [3.63, 3.8) is 0 Å². The van der Waals surface area contributed by atoms with Gasteiger partial charge in [0.05, 0.1) is 11.0 Å². The molecule has 0 saturated heterocycles. The van der Waals surface area contributed by atoms with Gasteiger partial charge in [0.25, 0.3) is 5.69 Å². The smallest absolute Gasteiger partial charge is 0.287 e. The first-order valence-corrected chi connectivity index (χ1v) is 4.13. The van der Waals surface area contributed by atoms with Gasteiger partial charge in [-0.15, -0.1) is 0 Å². The summed E-state index contributed by atoms with van der Waals surface area (Å²) in [6, 6.07) is 2.25. The summed E-state index contributed by atoms with van der Waals surface area (Å²) < 4.78 is 33.3. The van der Waals surface area contributed by atoms with Gasteiger partial charge in [-0.05, 0) is 23.2 Å². The molecule has 0 N–H and O–H groups in total. The zero-order valence-corrected chi connectivity index (χ0v) is 6.91. The summed E-state index contributed by atoms with van der Waals surface area (Å²) in [4.78, 5) is 8.77. The summed E-state index contributed by atoms with van der Waals surface area (Å²) in [6.07, 6.45) is 0. The topological polar surface area (TPSA) is 83.3 Å². The first kappa shape index (κ1) is 9.75. The van der Waals surface area contributed by atoms with Crippen molar-refractivity contribution < 1.29 is 18.1 Å². The van der Waals surface area contributed by atoms with Gasteiger partial charge in [0.15, 0.2) is 0 Å². The van der Waals surface area contributed by atoms with Crippen molar-refractivity contribution in [2.24, 2.45) is 0 Å². The molecule has 0 aliphatic rings. The second-order valence-electron chi connectivity index (χ2n) is 2.10. The highest BCUT2D eigenvalue weighted by molar-refractivity contribution is 7.79. The van der Waals surface area contributed by atoms with E-state index in [2.05, 4.69) is 0 Å². The van der Waals surface area contributed by atoms with E-state index in [1.54, 1.807) is 0 Å². The molecule has 1 atom stereocenters. The van der Waals surface area contributed by atoms with Crippen molar-refractivity contribution in [1.82, 2.24) is 0 Å². The molecule has 0 amide bonds. The lowest BCUT2D eigenvalue weighted by Crippen LogP contribution is -1.98. The number of nitro groups is 1. The number of nitro benzene ring substituents is 1. The van der Waals surface area contributed by atoms with Gasteiger partial charge in [-0.2, -0.15) is 0 Å². The Bertz CT molecular complexity index is 381. The zero-order chi connectivity index (χ0) is 10.0. The highest BCUT2D eigenvalue weighted by atomic mass is 32.2. The minimum Gasteiger partial charge on any atom is -0.768 e. The van der Waals surface area contributed by atoms with Crippen LogP contribution >= 0.6 is 0 Å². The van der Waals surface area contributed by atoms with E-state index in [-0.39, 0.29) is 0 Å². The van der Waals surface area contributed by atoms with Crippen molar-refractivity contribution in [3.8, 4) is 0 Å². The molecule has 70 valence electrons. The van der Waals surface area contributed by atoms with E-state index in [1.807, 2.05) is 0 Å². The van der Waals surface area contributed by atoms with E-state index in [4.69, 9.17) is 0 Å². The minimum atomic E-state index is -2.73. The second kappa shape index (κ2) is 3.58. The van der Waals surface area contributed by atoms with Gasteiger partial charge in [0.2, 0.25) is 0 Å². The molecule has 0 heterocycles. The van der Waals surface area contributed by atoms with Gasteiger partial charge in [0.1, 0.15) is 10.7 Å². The predicted octanol–water partition coefficient (Wildman–Crippen LogP) is 0.972. The summed E-state index contributed by atoms with van der Waals surface area (Å²) >= 11 is -2.73. The molecule has 0 aliphatic carbocycles. The number of halogens is 1. The van der Waals surface area contributed by atoms with Gasteiger partial charge in [-0.1, -0.05) is 0 Å². The molecule has 0 radical (unpaired) electrons. The Labute approximate surface area is 74.6 Å². The quantitative estimate of drug-likeness (QED) is 0.408. The third-order valence-electron chi connectivity index (χ3n) is 1.30. The molecule has 0 aromatic heterocycles. The van der Waals surface area contributed by atoms with Gasteiger partial charge < -0.3 is 4.55 Å². The number of rotatable bonds is 2. The largest absolute Gasteiger partial charge is 0.768 e. The Morgan fingerprint density at radius 1 is 1.46 bits per heavy atom. The molecule has 1 unspecified atom stereocenters. The standard InChI is InChI=1S/C6H4FNO4S/c7-4-1-2-6(13(11)12)5(3-4)8(9)10/h1-3H,(H,11,12)/p-1. The van der Waals surface area contributed by atoms with Crippen LogP contribution < -0.4 is 0 Å². The van der Waals surface area contributed by atoms with Gasteiger partial charge in [-0.25, -0.2) is 4.39 Å². The minimum absolute atomic E-state index is 0.522. The lowest BCUT2D eigenvalue weighted by molar-refractivity contribution is -0.388. The third-order valence-corrected chi connectivity index (χ3v) is 2.00. The fourth-order valence-electron chi connectivity index (χ4n) is 0.774. The van der Waals surface area contributed by atoms with Crippen LogP contribution in [0.1, 0.15) is 0 Å². The summed E-state index contributed by atoms with van der Waals surface area (Å²) in [5.41, 5.74) is -0.756. The van der Waals surface area contributed by atoms with Gasteiger partial charge in [-0.3, -0.25) is 14.3 Å². The SMILES string of the molecule is O=[N+]([O-])c1cc(F)ccc1S(=O)[O-]. The van der Waals surface area contributed by atoms with Gasteiger partial charge in [0, 0.05) is 0 Å². The molecule has 7 heteroatoms. The molecule has 5 nitrogen and oxygen atoms in total. The molecule has 1 aromatic carbocycles. The first-order chi connectivity index (χ1) is 6.02. The number of benzene rings is 1. The molecule has 1 rings (SSSR count). The maximum atomic E-state index is 12.5. The molecule has 0 bridgehead atoms. The van der Waals surface area contributed by atoms with Crippen molar-refractivity contribution in [2.45, 2.75) is 4.90 Å². The highest BCUT2D eigenvalue weighted by Gasteiger charge is 2.14. The molecule has 0 aliphatic heterocycles. The van der Waals surface area contributed by atoms with Gasteiger partial charge >= 0.3 is 0 Å². The fraction of sp³-hybridized carbons (Fsp3) is 0. The Balaban J connectivity index is 3.35. The lowest BCUT2D eigenvalue weighted by Gasteiger charge is -2.04. The van der Waals surface area contributed by atoms with Crippen molar-refractivity contribution in [2.75, 3.05) is 0 Å². The Morgan fingerprint density at radius 2 is 2.08 bits per heavy atom. The Morgan fingerprint density at radius 3 is 2.54 bits per heavy atom. The molecule has 0 spiro atoms. The normalized spacial score (nSPS) is 12.5. The average molecular weight is 204 g/mol. The van der Waals surface area contributed by atoms with Crippen LogP contribution in [0.3, 0.4) is 0 Å². The summed E-state index contributed by atoms with van der Waals surface area (Å²) in [7, 11) is 0. The van der Waals surface area contributed by atoms with Crippen LogP contribution in [0, 0.1) is 15.9 Å². The highest BCUT2D eigenvalue weighted by Crippen LogP contribution is 2.21. The average Bonchev–Trinajstić information content (AvgIpc) is 2.03. The van der Waals surface area contributed by atoms with E-state index in [0.717, 1.165) is 12.1 Å². The van der Waals surface area contributed by atoms with Crippen LogP contribution in [0.5, 0.6) is 0 Å². The monoisotopic (exact) mass is 204 g/mol. The van der Waals surface area contributed by atoms with E-state index >= 15 is 0 Å². The van der Waals surface area contributed by atoms with Crippen LogP contribution in [0.2, 0.25) is 0 Å². The van der Waals surface area contributed by atoms with E-state index < -0.39 is 32.4 Å². The maximum absolute atomic E-state index is 12.5. The molecule has 13 heavy (non-hydrogen) atoms. The van der Waals surface area contributed by atoms with Crippen molar-refractivity contribution in [1.29, 1.82) is 0 Å². The second-order valence-corrected chi connectivity index (χ2v) is 3.01. The fourth-order valence-corrected chi connectivity index (χ4v) is 1.26. The van der Waals surface area contributed by atoms with E-state index in [9.17, 15) is 23.3 Å². The first-order valence-electron chi connectivity index (χ1n) is 3.05. The van der Waals surface area contributed by atoms with E-state index in [0.29, 0.717) is 6.07 Å². The maximum Gasteiger partial charge on any atom is 0.287 e. The summed E-state index contributed by atoms with van der Waals surface area (Å²) in [6.45, 7) is 0. The Hall–Kier alpha value is -1.34. The van der Waals surface area contributed by atoms with Crippen molar-refractivity contribution >= 4 is 16.8 Å². The predicted molar refractivity (Wildman–Crippen MR) is 40.2 cm³/mol. The zero-order valence-electron chi connectivity index (χ0n) is 6.10. The van der Waals surface area contributed by atoms with Crippen LogP contribution in [0.15, 0.2) is 23.1 Å². The van der Waals surface area contributed by atoms with E-state index in [1.165, 1.54) is 0 Å². The van der Waals surface area contributed by atoms with Crippen molar-refractivity contribution in [3.05, 3.63) is 34.1 Å². The van der Waals surface area contributed by atoms with Crippen LogP contribution in [-0.2, 0) is 11.1 Å². The molecular weight excluding hydrogens is 201 g/mol. The van der Waals surface area contributed by atoms with Crippen LogP contribution in [0.25, 0.3) is 0 Å². The van der Waals surface area contributed by atoms with Crippen LogP contribution in [0.4, 0.5) is 10.1 Å². The number of hydrogen-bond donors (Lipinski definition) is 0. The molecule has 1 aromatic rings. The summed E-state index contributed by atoms with van der Waals surface area (Å²) in [5.74, 6) is -0.846. The van der Waals surface area contributed by atoms with Crippen LogP contribution in [-0.4, -0.2) is 13.7 Å². The summed E-state index contributed by atoms with van der Waals surface area (Å²) in [5, 5.41) is 10.2. The lowest BCUT2D eigenvalue weighted by atomic mass is 10.3. The third kappa shape index (κ3) is 2.07. The molecule has 0 saturated carbocycles.